The first-order valence-electron chi connectivity index (χ1n) is 23.8. The average Bonchev–Trinajstić information content (AvgIpc) is 3.24. The number of hydrogen-bond acceptors (Lipinski definition) is 18. The van der Waals surface area contributed by atoms with Crippen molar-refractivity contribution in [2.24, 2.45) is 50.2 Å². The van der Waals surface area contributed by atoms with Crippen LogP contribution >= 0.6 is 0 Å². The number of rotatable bonds is 8. The summed E-state index contributed by atoms with van der Waals surface area (Å²) in [6, 6.07) is 0. The molecule has 5 aliphatic carbocycles. The molecule has 23 unspecified atom stereocenters. The Morgan fingerprint density at radius 3 is 2.06 bits per heavy atom. The van der Waals surface area contributed by atoms with Crippen LogP contribution in [0.4, 0.5) is 0 Å². The van der Waals surface area contributed by atoms with E-state index in [9.17, 15) is 65.8 Å². The van der Waals surface area contributed by atoms with E-state index >= 15 is 0 Å². The molecule has 19 nitrogen and oxygen atoms in total. The molecule has 8 rings (SSSR count). The zero-order valence-electron chi connectivity index (χ0n) is 39.0. The number of aliphatic hydroxyl groups excluding tert-OH is 10. The first kappa shape index (κ1) is 50.5. The molecular formula is C47H74O19. The molecule has 23 atom stereocenters. The Morgan fingerprint density at radius 2 is 1.39 bits per heavy atom. The molecule has 0 aromatic heterocycles. The van der Waals surface area contributed by atoms with Gasteiger partial charge in [0.1, 0.15) is 66.5 Å². The van der Waals surface area contributed by atoms with Crippen LogP contribution in [0.5, 0.6) is 0 Å². The third-order valence-electron chi connectivity index (χ3n) is 18.9. The van der Waals surface area contributed by atoms with Crippen LogP contribution in [0.3, 0.4) is 0 Å². The van der Waals surface area contributed by atoms with Crippen LogP contribution in [0.25, 0.3) is 0 Å². The van der Waals surface area contributed by atoms with E-state index in [1.165, 1.54) is 0 Å². The average molecular weight is 943 g/mol. The molecule has 0 radical (unpaired) electrons. The predicted molar refractivity (Wildman–Crippen MR) is 226 cm³/mol. The second-order valence-corrected chi connectivity index (χ2v) is 23.2. The molecule has 8 aliphatic rings. The smallest absolute Gasteiger partial charge is 0.335 e. The number of ether oxygens (including phenoxy) is 6. The molecule has 0 bridgehead atoms. The summed E-state index contributed by atoms with van der Waals surface area (Å²) in [6.07, 6.45) is -17.6. The SMILES string of the molecule is CC1(C)CCC2(C(=O)OC3OC(CO)C(O)C(O)C3O)C(O)CC3(C)C(=CCC4C5(C)CCC(OC6OC(C(=O)O)C(O)C(OC7OCC(O)C(O)C7O)C6O)C(C)(C)C5CCC43C)C2C1. The second kappa shape index (κ2) is 17.4. The quantitative estimate of drug-likeness (QED) is 0.0856. The minimum Gasteiger partial charge on any atom is -0.479 e. The number of fused-ring (bicyclic) bond motifs is 7. The van der Waals surface area contributed by atoms with Gasteiger partial charge in [0.05, 0.1) is 25.4 Å². The number of aliphatic carboxylic acids is 1. The summed E-state index contributed by atoms with van der Waals surface area (Å²) >= 11 is 0. The molecule has 0 amide bonds. The minimum atomic E-state index is -1.92. The van der Waals surface area contributed by atoms with Crippen LogP contribution in [0, 0.1) is 50.2 Å². The molecule has 19 heteroatoms. The fourth-order valence-electron chi connectivity index (χ4n) is 14.8. The normalized spacial score (nSPS) is 53.2. The van der Waals surface area contributed by atoms with Gasteiger partial charge in [-0.3, -0.25) is 4.79 Å². The van der Waals surface area contributed by atoms with Crippen molar-refractivity contribution < 1.29 is 94.2 Å². The molecule has 0 aromatic rings. The van der Waals surface area contributed by atoms with Gasteiger partial charge in [0.15, 0.2) is 18.7 Å². The number of esters is 1. The number of hydrogen-bond donors (Lipinski definition) is 11. The van der Waals surface area contributed by atoms with Crippen LogP contribution in [0.1, 0.15) is 106 Å². The summed E-state index contributed by atoms with van der Waals surface area (Å²) in [7, 11) is 0. The number of allylic oxidation sites excluding steroid dienone is 2. The highest BCUT2D eigenvalue weighted by Crippen LogP contribution is 2.76. The van der Waals surface area contributed by atoms with Crippen LogP contribution in [0.2, 0.25) is 0 Å². The number of carbonyl (C=O) groups excluding carboxylic acids is 1. The van der Waals surface area contributed by atoms with Gasteiger partial charge in [-0.25, -0.2) is 4.79 Å². The minimum absolute atomic E-state index is 0.0578. The Labute approximate surface area is 385 Å². The lowest BCUT2D eigenvalue weighted by atomic mass is 9.33. The lowest BCUT2D eigenvalue weighted by molar-refractivity contribution is -0.357. The molecule has 66 heavy (non-hydrogen) atoms. The van der Waals surface area contributed by atoms with Gasteiger partial charge in [-0.05, 0) is 103 Å². The van der Waals surface area contributed by atoms with Crippen molar-refractivity contribution in [1.29, 1.82) is 0 Å². The third kappa shape index (κ3) is 7.64. The lowest BCUT2D eigenvalue weighted by Gasteiger charge is -2.71. The summed E-state index contributed by atoms with van der Waals surface area (Å²) < 4.78 is 34.9. The van der Waals surface area contributed by atoms with E-state index in [4.69, 9.17) is 28.4 Å². The number of aliphatic hydroxyl groups is 10. The Bertz CT molecular complexity index is 1860. The van der Waals surface area contributed by atoms with Crippen LogP contribution < -0.4 is 0 Å². The Kier molecular flexibility index (Phi) is 13.3. The molecule has 4 saturated carbocycles. The highest BCUT2D eigenvalue weighted by atomic mass is 16.7. The number of carboxylic acid groups (broad SMARTS) is 1. The van der Waals surface area contributed by atoms with E-state index < -0.39 is 146 Å². The second-order valence-electron chi connectivity index (χ2n) is 23.2. The molecular weight excluding hydrogens is 868 g/mol. The zero-order valence-corrected chi connectivity index (χ0v) is 39.0. The molecule has 3 saturated heterocycles. The van der Waals surface area contributed by atoms with Crippen molar-refractivity contribution in [2.75, 3.05) is 13.2 Å². The van der Waals surface area contributed by atoms with Gasteiger partial charge in [0.2, 0.25) is 6.29 Å². The Morgan fingerprint density at radius 1 is 0.712 bits per heavy atom. The highest BCUT2D eigenvalue weighted by molar-refractivity contribution is 5.80. The predicted octanol–water partition coefficient (Wildman–Crippen LogP) is -0.157. The monoisotopic (exact) mass is 942 g/mol. The van der Waals surface area contributed by atoms with E-state index in [2.05, 4.69) is 54.5 Å². The van der Waals surface area contributed by atoms with Crippen molar-refractivity contribution >= 4 is 11.9 Å². The molecule has 0 spiro atoms. The summed E-state index contributed by atoms with van der Waals surface area (Å²) in [4.78, 5) is 27.1. The zero-order chi connectivity index (χ0) is 48.4. The van der Waals surface area contributed by atoms with Gasteiger partial charge in [-0.1, -0.05) is 60.1 Å². The summed E-state index contributed by atoms with van der Waals surface area (Å²) in [5.41, 5.74) is -2.23. The number of carboxylic acids is 1. The Balaban J connectivity index is 1.05. The number of carbonyl (C=O) groups is 2. The van der Waals surface area contributed by atoms with E-state index in [-0.39, 0.29) is 34.5 Å². The first-order chi connectivity index (χ1) is 30.7. The largest absolute Gasteiger partial charge is 0.479 e. The van der Waals surface area contributed by atoms with Gasteiger partial charge in [0, 0.05) is 0 Å². The molecule has 11 N–H and O–H groups in total. The van der Waals surface area contributed by atoms with Gasteiger partial charge < -0.3 is 84.6 Å². The van der Waals surface area contributed by atoms with E-state index in [0.29, 0.717) is 38.5 Å². The van der Waals surface area contributed by atoms with E-state index in [1.807, 2.05) is 0 Å². The summed E-state index contributed by atoms with van der Waals surface area (Å²) in [5, 5.41) is 117. The van der Waals surface area contributed by atoms with Crippen LogP contribution in [-0.4, -0.2) is 180 Å². The molecule has 7 fully saturated rings. The van der Waals surface area contributed by atoms with Crippen molar-refractivity contribution in [3.8, 4) is 0 Å². The van der Waals surface area contributed by atoms with Gasteiger partial charge in [-0.2, -0.15) is 0 Å². The van der Waals surface area contributed by atoms with Crippen LogP contribution in [-0.2, 0) is 38.0 Å². The van der Waals surface area contributed by atoms with Crippen molar-refractivity contribution in [1.82, 2.24) is 0 Å². The first-order valence-corrected chi connectivity index (χ1v) is 23.8. The van der Waals surface area contributed by atoms with Gasteiger partial charge in [0.25, 0.3) is 0 Å². The maximum absolute atomic E-state index is 14.7. The lowest BCUT2D eigenvalue weighted by Crippen LogP contribution is -2.68. The Hall–Kier alpha value is -1.92. The maximum Gasteiger partial charge on any atom is 0.335 e. The fraction of sp³-hybridized carbons (Fsp3) is 0.915. The summed E-state index contributed by atoms with van der Waals surface area (Å²) in [5.74, 6) is -2.54. The highest BCUT2D eigenvalue weighted by Gasteiger charge is 2.72. The fourth-order valence-corrected chi connectivity index (χ4v) is 14.8. The van der Waals surface area contributed by atoms with E-state index in [0.717, 1.165) is 18.4 Å². The van der Waals surface area contributed by atoms with Gasteiger partial charge >= 0.3 is 11.9 Å². The maximum atomic E-state index is 14.7. The van der Waals surface area contributed by atoms with Crippen LogP contribution in [0.15, 0.2) is 11.6 Å². The molecule has 376 valence electrons. The van der Waals surface area contributed by atoms with Crippen molar-refractivity contribution in [2.45, 2.75) is 204 Å². The van der Waals surface area contributed by atoms with Crippen molar-refractivity contribution in [3.05, 3.63) is 11.6 Å². The summed E-state index contributed by atoms with van der Waals surface area (Å²) in [6.45, 7) is 14.3. The standard InChI is InChI=1S/C47H74O19/c1-42(2)14-15-47(41(60)66-39-32(55)30(53)29(52)23(18-48)62-39)21(16-42)20-8-9-25-44(5)12-11-27(43(3,4)24(44)10-13-45(25,6)46(20,7)17-26(47)50)63-40-34(57)35(33(56)36(65-40)37(58)59)64-38-31(54)28(51)22(49)19-61-38/h8,21-36,38-40,48-57H,9-19H2,1-7H3,(H,58,59). The third-order valence-corrected chi connectivity index (χ3v) is 18.9. The molecule has 0 aromatic carbocycles. The van der Waals surface area contributed by atoms with Gasteiger partial charge in [-0.15, -0.1) is 0 Å². The van der Waals surface area contributed by atoms with E-state index in [1.54, 1.807) is 0 Å². The topological polar surface area (TPSA) is 312 Å². The van der Waals surface area contributed by atoms with Crippen molar-refractivity contribution in [3.63, 3.8) is 0 Å². The molecule has 3 aliphatic heterocycles. The molecule has 3 heterocycles.